The maximum Gasteiger partial charge on any atom is 0.234 e. The fourth-order valence-corrected chi connectivity index (χ4v) is 1.25. The maximum atomic E-state index is 10.9. The molecule has 0 spiro atoms. The van der Waals surface area contributed by atoms with E-state index in [2.05, 4.69) is 10.4 Å². The lowest BCUT2D eigenvalue weighted by molar-refractivity contribution is -0.120. The van der Waals surface area contributed by atoms with E-state index in [-0.39, 0.29) is 11.9 Å². The van der Waals surface area contributed by atoms with E-state index in [0.29, 0.717) is 13.0 Å². The van der Waals surface area contributed by atoms with Crippen molar-refractivity contribution in [1.82, 2.24) is 15.1 Å². The van der Waals surface area contributed by atoms with E-state index in [4.69, 9.17) is 5.73 Å². The van der Waals surface area contributed by atoms with Crippen LogP contribution in [0.1, 0.15) is 19.0 Å². The lowest BCUT2D eigenvalue weighted by atomic mass is 10.2. The van der Waals surface area contributed by atoms with Gasteiger partial charge in [0, 0.05) is 19.8 Å². The number of nitrogens with two attached hydrogens (primary N) is 1. The average Bonchev–Trinajstić information content (AvgIpc) is 2.52. The van der Waals surface area contributed by atoms with Gasteiger partial charge in [-0.15, -0.1) is 0 Å². The Morgan fingerprint density at radius 1 is 1.79 bits per heavy atom. The number of hydrogen-bond donors (Lipinski definition) is 2. The summed E-state index contributed by atoms with van der Waals surface area (Å²) in [6.07, 6.45) is 2.43. The van der Waals surface area contributed by atoms with Gasteiger partial charge in [-0.3, -0.25) is 9.48 Å². The Labute approximate surface area is 83.3 Å². The standard InChI is InChI=1S/C9H16N4O/c1-3-8(9(10)14)11-6-7-4-5-12-13(7)2/h4-5,8,11H,3,6H2,1-2H3,(H2,10,14). The summed E-state index contributed by atoms with van der Waals surface area (Å²) in [5.41, 5.74) is 6.23. The van der Waals surface area contributed by atoms with Gasteiger partial charge in [-0.25, -0.2) is 0 Å². The third kappa shape index (κ3) is 2.56. The molecular formula is C9H16N4O. The first kappa shape index (κ1) is 10.7. The molecule has 1 heterocycles. The summed E-state index contributed by atoms with van der Waals surface area (Å²) < 4.78 is 1.76. The summed E-state index contributed by atoms with van der Waals surface area (Å²) in [4.78, 5) is 10.9. The second-order valence-electron chi connectivity index (χ2n) is 3.19. The van der Waals surface area contributed by atoms with Gasteiger partial charge in [0.25, 0.3) is 0 Å². The molecule has 5 nitrogen and oxygen atoms in total. The number of hydrogen-bond acceptors (Lipinski definition) is 3. The van der Waals surface area contributed by atoms with Gasteiger partial charge >= 0.3 is 0 Å². The molecule has 1 rings (SSSR count). The van der Waals surface area contributed by atoms with Gasteiger partial charge in [0.2, 0.25) is 5.91 Å². The number of rotatable bonds is 5. The van der Waals surface area contributed by atoms with E-state index in [1.807, 2.05) is 20.0 Å². The average molecular weight is 196 g/mol. The van der Waals surface area contributed by atoms with Crippen LogP contribution in [0.4, 0.5) is 0 Å². The number of aryl methyl sites for hydroxylation is 1. The Hall–Kier alpha value is -1.36. The fourth-order valence-electron chi connectivity index (χ4n) is 1.25. The Kier molecular flexibility index (Phi) is 3.64. The zero-order valence-electron chi connectivity index (χ0n) is 8.53. The summed E-state index contributed by atoms with van der Waals surface area (Å²) in [7, 11) is 1.86. The highest BCUT2D eigenvalue weighted by molar-refractivity contribution is 5.79. The van der Waals surface area contributed by atoms with Crippen molar-refractivity contribution in [3.05, 3.63) is 18.0 Å². The predicted octanol–water partition coefficient (Wildman–Crippen LogP) is -0.226. The molecule has 78 valence electrons. The van der Waals surface area contributed by atoms with Crippen LogP contribution in [0.15, 0.2) is 12.3 Å². The highest BCUT2D eigenvalue weighted by atomic mass is 16.1. The number of carbonyl (C=O) groups excluding carboxylic acids is 1. The molecule has 1 aromatic heterocycles. The van der Waals surface area contributed by atoms with Crippen LogP contribution < -0.4 is 11.1 Å². The van der Waals surface area contributed by atoms with Crippen molar-refractivity contribution in [2.45, 2.75) is 25.9 Å². The van der Waals surface area contributed by atoms with E-state index in [0.717, 1.165) is 5.69 Å². The van der Waals surface area contributed by atoms with Crippen LogP contribution in [0.25, 0.3) is 0 Å². The van der Waals surface area contributed by atoms with E-state index in [9.17, 15) is 4.79 Å². The molecule has 1 amide bonds. The molecule has 5 heteroatoms. The lowest BCUT2D eigenvalue weighted by Crippen LogP contribution is -2.40. The highest BCUT2D eigenvalue weighted by Gasteiger charge is 2.11. The molecular weight excluding hydrogens is 180 g/mol. The van der Waals surface area contributed by atoms with Crippen molar-refractivity contribution in [1.29, 1.82) is 0 Å². The molecule has 0 aromatic carbocycles. The monoisotopic (exact) mass is 196 g/mol. The molecule has 0 aliphatic rings. The molecule has 0 radical (unpaired) electrons. The normalized spacial score (nSPS) is 12.7. The van der Waals surface area contributed by atoms with Gasteiger partial charge in [0.1, 0.15) is 0 Å². The minimum atomic E-state index is -0.310. The summed E-state index contributed by atoms with van der Waals surface area (Å²) in [6.45, 7) is 2.53. The van der Waals surface area contributed by atoms with Gasteiger partial charge < -0.3 is 11.1 Å². The van der Waals surface area contributed by atoms with E-state index in [1.165, 1.54) is 0 Å². The van der Waals surface area contributed by atoms with Gasteiger partial charge in [0.15, 0.2) is 0 Å². The van der Waals surface area contributed by atoms with Crippen molar-refractivity contribution < 1.29 is 4.79 Å². The summed E-state index contributed by atoms with van der Waals surface area (Å²) >= 11 is 0. The Bertz CT molecular complexity index is 308. The van der Waals surface area contributed by atoms with Crippen LogP contribution in [-0.2, 0) is 18.4 Å². The molecule has 1 unspecified atom stereocenters. The highest BCUT2D eigenvalue weighted by Crippen LogP contribution is 1.97. The number of nitrogens with zero attached hydrogens (tertiary/aromatic N) is 2. The van der Waals surface area contributed by atoms with Gasteiger partial charge in [-0.05, 0) is 12.5 Å². The maximum absolute atomic E-state index is 10.9. The quantitative estimate of drug-likeness (QED) is 0.683. The number of amides is 1. The molecule has 0 aliphatic heterocycles. The van der Waals surface area contributed by atoms with Gasteiger partial charge in [-0.1, -0.05) is 6.92 Å². The fraction of sp³-hybridized carbons (Fsp3) is 0.556. The van der Waals surface area contributed by atoms with E-state index in [1.54, 1.807) is 10.9 Å². The molecule has 0 aliphatic carbocycles. The Morgan fingerprint density at radius 2 is 2.50 bits per heavy atom. The molecule has 1 aromatic rings. The van der Waals surface area contributed by atoms with Crippen molar-refractivity contribution in [3.8, 4) is 0 Å². The van der Waals surface area contributed by atoms with Crippen LogP contribution >= 0.6 is 0 Å². The summed E-state index contributed by atoms with van der Waals surface area (Å²) in [6, 6.07) is 1.64. The minimum absolute atomic E-state index is 0.259. The molecule has 0 saturated heterocycles. The smallest absolute Gasteiger partial charge is 0.234 e. The Balaban J connectivity index is 2.47. The van der Waals surface area contributed by atoms with Crippen LogP contribution in [-0.4, -0.2) is 21.7 Å². The molecule has 3 N–H and O–H groups in total. The predicted molar refractivity (Wildman–Crippen MR) is 53.3 cm³/mol. The SMILES string of the molecule is CCC(NCc1ccnn1C)C(N)=O. The van der Waals surface area contributed by atoms with Crippen molar-refractivity contribution in [3.63, 3.8) is 0 Å². The van der Waals surface area contributed by atoms with Crippen LogP contribution in [0.3, 0.4) is 0 Å². The number of aromatic nitrogens is 2. The Morgan fingerprint density at radius 3 is 2.93 bits per heavy atom. The van der Waals surface area contributed by atoms with Crippen molar-refractivity contribution >= 4 is 5.91 Å². The van der Waals surface area contributed by atoms with Gasteiger partial charge in [0.05, 0.1) is 11.7 Å². The molecule has 0 bridgehead atoms. The van der Waals surface area contributed by atoms with Gasteiger partial charge in [-0.2, -0.15) is 5.10 Å². The van der Waals surface area contributed by atoms with Crippen molar-refractivity contribution in [2.24, 2.45) is 12.8 Å². The molecule has 0 fully saturated rings. The topological polar surface area (TPSA) is 72.9 Å². The second kappa shape index (κ2) is 4.76. The first-order valence-corrected chi connectivity index (χ1v) is 4.64. The summed E-state index contributed by atoms with van der Waals surface area (Å²) in [5.74, 6) is -0.310. The van der Waals surface area contributed by atoms with Crippen molar-refractivity contribution in [2.75, 3.05) is 0 Å². The van der Waals surface area contributed by atoms with Crippen LogP contribution in [0.5, 0.6) is 0 Å². The first-order chi connectivity index (χ1) is 6.65. The lowest BCUT2D eigenvalue weighted by Gasteiger charge is -2.12. The zero-order valence-corrected chi connectivity index (χ0v) is 8.53. The second-order valence-corrected chi connectivity index (χ2v) is 3.19. The number of primary amides is 1. The zero-order chi connectivity index (χ0) is 10.6. The molecule has 14 heavy (non-hydrogen) atoms. The van der Waals surface area contributed by atoms with E-state index >= 15 is 0 Å². The summed E-state index contributed by atoms with van der Waals surface area (Å²) in [5, 5.41) is 7.10. The third-order valence-electron chi connectivity index (χ3n) is 2.20. The van der Waals surface area contributed by atoms with Crippen LogP contribution in [0.2, 0.25) is 0 Å². The van der Waals surface area contributed by atoms with E-state index < -0.39 is 0 Å². The first-order valence-electron chi connectivity index (χ1n) is 4.64. The third-order valence-corrected chi connectivity index (χ3v) is 2.20. The molecule has 0 saturated carbocycles. The van der Waals surface area contributed by atoms with Crippen LogP contribution in [0, 0.1) is 0 Å². The minimum Gasteiger partial charge on any atom is -0.368 e. The number of carbonyl (C=O) groups is 1. The largest absolute Gasteiger partial charge is 0.368 e. The number of nitrogens with one attached hydrogen (secondary N) is 1. The molecule has 1 atom stereocenters.